The topological polar surface area (TPSA) is 37.4 Å². The Morgan fingerprint density at radius 3 is 2.38 bits per heavy atom. The summed E-state index contributed by atoms with van der Waals surface area (Å²) in [6, 6.07) is 8.31. The number of aldehydes is 1. The van der Waals surface area contributed by atoms with E-state index in [4.69, 9.17) is 0 Å². The summed E-state index contributed by atoms with van der Waals surface area (Å²) in [5, 5.41) is 0. The molecule has 0 aliphatic heterocycles. The molecule has 1 aromatic rings. The monoisotopic (exact) mass is 295 g/mol. The van der Waals surface area contributed by atoms with Crippen molar-refractivity contribution in [3.8, 4) is 0 Å². The van der Waals surface area contributed by atoms with Crippen molar-refractivity contribution in [3.05, 3.63) is 35.9 Å². The molecular weight excluding hydrogens is 276 g/mol. The van der Waals surface area contributed by atoms with Gasteiger partial charge in [0.15, 0.2) is 0 Å². The molecule has 1 saturated carbocycles. The van der Waals surface area contributed by atoms with E-state index in [1.165, 1.54) is 4.90 Å². The Hall–Kier alpha value is -1.78. The van der Waals surface area contributed by atoms with Crippen molar-refractivity contribution < 1.29 is 18.4 Å². The minimum absolute atomic E-state index is 0.177. The molecule has 1 aliphatic carbocycles. The number of hydrogen-bond donors (Lipinski definition) is 0. The molecular formula is C16H19F2NO2. The van der Waals surface area contributed by atoms with Gasteiger partial charge in [0.2, 0.25) is 11.8 Å². The summed E-state index contributed by atoms with van der Waals surface area (Å²) in [6.07, 6.45) is 0.556. The molecule has 0 saturated heterocycles. The predicted octanol–water partition coefficient (Wildman–Crippen LogP) is 3.21. The van der Waals surface area contributed by atoms with Gasteiger partial charge < -0.3 is 9.69 Å². The average Bonchev–Trinajstić information content (AvgIpc) is 2.48. The molecule has 114 valence electrons. The molecule has 0 unspecified atom stereocenters. The third-order valence-electron chi connectivity index (χ3n) is 4.10. The molecule has 0 spiro atoms. The Bertz CT molecular complexity index is 494. The Morgan fingerprint density at radius 1 is 1.29 bits per heavy atom. The van der Waals surface area contributed by atoms with Gasteiger partial charge in [0.25, 0.3) is 0 Å². The summed E-state index contributed by atoms with van der Waals surface area (Å²) in [5.74, 6) is -3.30. The summed E-state index contributed by atoms with van der Waals surface area (Å²) in [5.41, 5.74) is 0.726. The quantitative estimate of drug-likeness (QED) is 0.800. The van der Waals surface area contributed by atoms with E-state index >= 15 is 0 Å². The van der Waals surface area contributed by atoms with E-state index in [1.807, 2.05) is 6.07 Å². The first-order valence-electron chi connectivity index (χ1n) is 7.09. The maximum Gasteiger partial charge on any atom is 0.248 e. The first kappa shape index (κ1) is 15.6. The van der Waals surface area contributed by atoms with E-state index in [0.717, 1.165) is 5.56 Å². The van der Waals surface area contributed by atoms with Crippen LogP contribution < -0.4 is 0 Å². The number of carbonyl (C=O) groups is 2. The van der Waals surface area contributed by atoms with Crippen molar-refractivity contribution >= 4 is 12.2 Å². The van der Waals surface area contributed by atoms with Crippen LogP contribution in [0.2, 0.25) is 0 Å². The van der Waals surface area contributed by atoms with Gasteiger partial charge in [0.1, 0.15) is 12.3 Å². The first-order valence-corrected chi connectivity index (χ1v) is 7.09. The van der Waals surface area contributed by atoms with Crippen LogP contribution in [0.4, 0.5) is 8.78 Å². The van der Waals surface area contributed by atoms with Crippen molar-refractivity contribution in [3.63, 3.8) is 0 Å². The van der Waals surface area contributed by atoms with Crippen LogP contribution in [0, 0.1) is 5.92 Å². The van der Waals surface area contributed by atoms with Crippen molar-refractivity contribution in [2.24, 2.45) is 5.92 Å². The van der Waals surface area contributed by atoms with Gasteiger partial charge in [-0.3, -0.25) is 4.79 Å². The van der Waals surface area contributed by atoms with Crippen molar-refractivity contribution in [1.82, 2.24) is 4.90 Å². The SMILES string of the molecule is CN(C(=O)C1CCC(F)(F)CC1)[C@H](C=O)c1ccccc1. The molecule has 1 atom stereocenters. The number of likely N-dealkylation sites (N-methyl/N-ethyl adjacent to an activating group) is 1. The van der Waals surface area contributed by atoms with Crippen LogP contribution in [-0.2, 0) is 9.59 Å². The first-order chi connectivity index (χ1) is 9.94. The van der Waals surface area contributed by atoms with Crippen LogP contribution in [0.25, 0.3) is 0 Å². The maximum absolute atomic E-state index is 13.2. The highest BCUT2D eigenvalue weighted by molar-refractivity contribution is 5.82. The van der Waals surface area contributed by atoms with Gasteiger partial charge in [-0.2, -0.15) is 0 Å². The van der Waals surface area contributed by atoms with Crippen LogP contribution in [0.1, 0.15) is 37.3 Å². The number of rotatable bonds is 4. The average molecular weight is 295 g/mol. The molecule has 0 bridgehead atoms. The van der Waals surface area contributed by atoms with E-state index in [2.05, 4.69) is 0 Å². The normalized spacial score (nSPS) is 19.8. The lowest BCUT2D eigenvalue weighted by molar-refractivity contribution is -0.142. The highest BCUT2D eigenvalue weighted by Gasteiger charge is 2.39. The molecule has 5 heteroatoms. The minimum atomic E-state index is -2.65. The highest BCUT2D eigenvalue weighted by atomic mass is 19.3. The van der Waals surface area contributed by atoms with E-state index in [0.29, 0.717) is 6.29 Å². The summed E-state index contributed by atoms with van der Waals surface area (Å²) in [4.78, 5) is 25.1. The number of alkyl halides is 2. The largest absolute Gasteiger partial charge is 0.332 e. The molecule has 21 heavy (non-hydrogen) atoms. The molecule has 1 aliphatic rings. The number of hydrogen-bond acceptors (Lipinski definition) is 2. The van der Waals surface area contributed by atoms with E-state index in [9.17, 15) is 18.4 Å². The Kier molecular flexibility index (Phi) is 4.70. The van der Waals surface area contributed by atoms with Crippen LogP contribution in [0.15, 0.2) is 30.3 Å². The lowest BCUT2D eigenvalue weighted by Gasteiger charge is -2.32. The number of amides is 1. The molecule has 0 N–H and O–H groups in total. The summed E-state index contributed by atoms with van der Waals surface area (Å²) in [7, 11) is 1.56. The fourth-order valence-electron chi connectivity index (χ4n) is 2.76. The third-order valence-corrected chi connectivity index (χ3v) is 4.10. The Morgan fingerprint density at radius 2 is 1.86 bits per heavy atom. The second-order valence-corrected chi connectivity index (χ2v) is 5.57. The maximum atomic E-state index is 13.2. The molecule has 1 amide bonds. The lowest BCUT2D eigenvalue weighted by Crippen LogP contribution is -2.39. The predicted molar refractivity (Wildman–Crippen MR) is 74.9 cm³/mol. The molecule has 0 heterocycles. The van der Waals surface area contributed by atoms with Crippen molar-refractivity contribution in [2.45, 2.75) is 37.6 Å². The van der Waals surface area contributed by atoms with Crippen molar-refractivity contribution in [1.29, 1.82) is 0 Å². The fourth-order valence-corrected chi connectivity index (χ4v) is 2.76. The molecule has 2 rings (SSSR count). The van der Waals surface area contributed by atoms with Gasteiger partial charge in [0.05, 0.1) is 0 Å². The molecule has 1 aromatic carbocycles. The third kappa shape index (κ3) is 3.65. The summed E-state index contributed by atoms with van der Waals surface area (Å²) >= 11 is 0. The standard InChI is InChI=1S/C16H19F2NO2/c1-19(14(11-20)12-5-3-2-4-6-12)15(21)13-7-9-16(17,18)10-8-13/h2-6,11,13-14H,7-10H2,1H3/t14-/m1/s1. The van der Waals surface area contributed by atoms with Crippen LogP contribution in [-0.4, -0.2) is 30.1 Å². The Labute approximate surface area is 122 Å². The zero-order valence-electron chi connectivity index (χ0n) is 12.0. The highest BCUT2D eigenvalue weighted by Crippen LogP contribution is 2.37. The van der Waals surface area contributed by atoms with E-state index < -0.39 is 17.9 Å². The molecule has 3 nitrogen and oxygen atoms in total. The van der Waals surface area contributed by atoms with Gasteiger partial charge in [-0.05, 0) is 18.4 Å². The number of halogens is 2. The second kappa shape index (κ2) is 6.33. The second-order valence-electron chi connectivity index (χ2n) is 5.57. The smallest absolute Gasteiger partial charge is 0.248 e. The number of carbonyl (C=O) groups excluding carboxylic acids is 2. The lowest BCUT2D eigenvalue weighted by atomic mass is 9.85. The van der Waals surface area contributed by atoms with Crippen LogP contribution in [0.5, 0.6) is 0 Å². The van der Waals surface area contributed by atoms with E-state index in [1.54, 1.807) is 31.3 Å². The van der Waals surface area contributed by atoms with Gasteiger partial charge in [-0.1, -0.05) is 30.3 Å². The summed E-state index contributed by atoms with van der Waals surface area (Å²) in [6.45, 7) is 0. The number of nitrogens with zero attached hydrogens (tertiary/aromatic N) is 1. The van der Waals surface area contributed by atoms with Gasteiger partial charge >= 0.3 is 0 Å². The van der Waals surface area contributed by atoms with Crippen LogP contribution >= 0.6 is 0 Å². The van der Waals surface area contributed by atoms with Crippen molar-refractivity contribution in [2.75, 3.05) is 7.05 Å². The fraction of sp³-hybridized carbons (Fsp3) is 0.500. The van der Waals surface area contributed by atoms with Gasteiger partial charge in [0, 0.05) is 25.8 Å². The molecule has 0 aromatic heterocycles. The van der Waals surface area contributed by atoms with Gasteiger partial charge in [-0.15, -0.1) is 0 Å². The molecule has 1 fully saturated rings. The van der Waals surface area contributed by atoms with E-state index in [-0.39, 0.29) is 31.6 Å². The number of benzene rings is 1. The minimum Gasteiger partial charge on any atom is -0.332 e. The zero-order chi connectivity index (χ0) is 15.5. The van der Waals surface area contributed by atoms with Crippen LogP contribution in [0.3, 0.4) is 0 Å². The summed E-state index contributed by atoms with van der Waals surface area (Å²) < 4.78 is 26.3. The molecule has 0 radical (unpaired) electrons. The Balaban J connectivity index is 2.06. The van der Waals surface area contributed by atoms with Gasteiger partial charge in [-0.25, -0.2) is 8.78 Å². The zero-order valence-corrected chi connectivity index (χ0v) is 12.0.